The molecule has 0 aliphatic heterocycles. The van der Waals surface area contributed by atoms with E-state index in [1.165, 1.54) is 116 Å². The summed E-state index contributed by atoms with van der Waals surface area (Å²) < 4.78 is 16.6. The fourth-order valence-electron chi connectivity index (χ4n) is 5.59. The summed E-state index contributed by atoms with van der Waals surface area (Å²) in [6.07, 6.45) is 38.0. The lowest BCUT2D eigenvalue weighted by atomic mass is 10.1. The first kappa shape index (κ1) is 36.1. The average molecular weight is 583 g/mol. The molecule has 42 heavy (non-hydrogen) atoms. The van der Waals surface area contributed by atoms with E-state index in [0.717, 1.165) is 63.5 Å². The Bertz CT molecular complexity index is 800. The standard InChI is InChI=1S/C38H66N2O2/c1-3-5-7-9-11-13-15-17-19-23-33-41-37-27-25-31-39(35-37)29-21-22-30-40-32-26-28-38(36-40)42-34-24-20-18-16-14-12-10-8-6-4-2/h25-28,31-32,35-36H,3-24,29-30,33-34H2,1-2H3/q+2. The summed E-state index contributed by atoms with van der Waals surface area (Å²) >= 11 is 0. The maximum atomic E-state index is 6.05. The Morgan fingerprint density at radius 1 is 0.429 bits per heavy atom. The Balaban J connectivity index is 1.48. The van der Waals surface area contributed by atoms with Gasteiger partial charge < -0.3 is 9.47 Å². The van der Waals surface area contributed by atoms with E-state index in [9.17, 15) is 0 Å². The van der Waals surface area contributed by atoms with Gasteiger partial charge >= 0.3 is 0 Å². The molecule has 238 valence electrons. The van der Waals surface area contributed by atoms with Crippen LogP contribution in [0.4, 0.5) is 0 Å². The van der Waals surface area contributed by atoms with Gasteiger partial charge in [0, 0.05) is 25.0 Å². The van der Waals surface area contributed by atoms with Crippen molar-refractivity contribution in [2.75, 3.05) is 13.2 Å². The molecule has 2 rings (SSSR count). The van der Waals surface area contributed by atoms with Gasteiger partial charge in [0.15, 0.2) is 23.9 Å². The van der Waals surface area contributed by atoms with Gasteiger partial charge in [-0.05, 0) is 25.0 Å². The van der Waals surface area contributed by atoms with Gasteiger partial charge in [-0.15, -0.1) is 0 Å². The number of rotatable bonds is 29. The molecule has 0 spiro atoms. The monoisotopic (exact) mass is 583 g/mol. The van der Waals surface area contributed by atoms with Gasteiger partial charge in [0.2, 0.25) is 12.4 Å². The molecule has 0 unspecified atom stereocenters. The zero-order valence-electron chi connectivity index (χ0n) is 27.7. The van der Waals surface area contributed by atoms with Crippen molar-refractivity contribution in [3.05, 3.63) is 49.1 Å². The number of hydrogen-bond donors (Lipinski definition) is 0. The highest BCUT2D eigenvalue weighted by molar-refractivity contribution is 5.13. The predicted octanol–water partition coefficient (Wildman–Crippen LogP) is 10.3. The minimum Gasteiger partial charge on any atom is -0.487 e. The van der Waals surface area contributed by atoms with Crippen molar-refractivity contribution < 1.29 is 18.6 Å². The summed E-state index contributed by atoms with van der Waals surface area (Å²) in [5.74, 6) is 1.99. The fraction of sp³-hybridized carbons (Fsp3) is 0.737. The highest BCUT2D eigenvalue weighted by atomic mass is 16.5. The van der Waals surface area contributed by atoms with E-state index in [0.29, 0.717) is 0 Å². The summed E-state index contributed by atoms with van der Waals surface area (Å²) in [4.78, 5) is 0. The highest BCUT2D eigenvalue weighted by Gasteiger charge is 2.07. The Morgan fingerprint density at radius 2 is 0.762 bits per heavy atom. The molecule has 0 aliphatic rings. The molecule has 0 N–H and O–H groups in total. The Morgan fingerprint density at radius 3 is 1.12 bits per heavy atom. The number of ether oxygens (including phenoxy) is 2. The summed E-state index contributed by atoms with van der Waals surface area (Å²) in [5.41, 5.74) is 0. The molecule has 4 heteroatoms. The molecule has 0 saturated heterocycles. The number of hydrogen-bond acceptors (Lipinski definition) is 2. The van der Waals surface area contributed by atoms with Gasteiger partial charge in [0.1, 0.15) is 13.1 Å². The van der Waals surface area contributed by atoms with Gasteiger partial charge in [0.25, 0.3) is 0 Å². The van der Waals surface area contributed by atoms with Crippen molar-refractivity contribution in [3.63, 3.8) is 0 Å². The first-order valence-electron chi connectivity index (χ1n) is 18.1. The van der Waals surface area contributed by atoms with E-state index in [2.05, 4.69) is 72.0 Å². The lowest BCUT2D eigenvalue weighted by Crippen LogP contribution is -2.35. The largest absolute Gasteiger partial charge is 0.487 e. The van der Waals surface area contributed by atoms with Crippen LogP contribution in [0, 0.1) is 0 Å². The minimum absolute atomic E-state index is 0.828. The molecular formula is C38H66N2O2+2. The van der Waals surface area contributed by atoms with Crippen LogP contribution in [0.1, 0.15) is 155 Å². The SMILES string of the molecule is CCCCCCCCCCCCOc1ccc[n+](CCCC[n+]2cccc(OCCCCCCCCCCCC)c2)c1. The molecule has 2 aromatic rings. The van der Waals surface area contributed by atoms with Crippen molar-refractivity contribution in [1.29, 1.82) is 0 Å². The number of aryl methyl sites for hydroxylation is 2. The van der Waals surface area contributed by atoms with Crippen LogP contribution in [0.5, 0.6) is 11.5 Å². The van der Waals surface area contributed by atoms with Gasteiger partial charge in [-0.2, -0.15) is 0 Å². The zero-order chi connectivity index (χ0) is 29.8. The smallest absolute Gasteiger partial charge is 0.211 e. The van der Waals surface area contributed by atoms with Gasteiger partial charge in [-0.25, -0.2) is 9.13 Å². The fourth-order valence-corrected chi connectivity index (χ4v) is 5.59. The van der Waals surface area contributed by atoms with Gasteiger partial charge in [-0.3, -0.25) is 0 Å². The maximum Gasteiger partial charge on any atom is 0.211 e. The van der Waals surface area contributed by atoms with Crippen LogP contribution in [-0.2, 0) is 13.1 Å². The van der Waals surface area contributed by atoms with Crippen molar-refractivity contribution in [1.82, 2.24) is 0 Å². The summed E-state index contributed by atoms with van der Waals surface area (Å²) in [7, 11) is 0. The molecule has 0 atom stereocenters. The molecule has 2 heterocycles. The van der Waals surface area contributed by atoms with Crippen LogP contribution in [0.2, 0.25) is 0 Å². The quantitative estimate of drug-likeness (QED) is 0.0704. The maximum absolute atomic E-state index is 6.05. The predicted molar refractivity (Wildman–Crippen MR) is 177 cm³/mol. The Kier molecular flexibility index (Phi) is 22.8. The molecule has 0 fully saturated rings. The van der Waals surface area contributed by atoms with Crippen molar-refractivity contribution in [2.24, 2.45) is 0 Å². The highest BCUT2D eigenvalue weighted by Crippen LogP contribution is 2.13. The van der Waals surface area contributed by atoms with E-state index in [-0.39, 0.29) is 0 Å². The van der Waals surface area contributed by atoms with Crippen LogP contribution < -0.4 is 18.6 Å². The molecule has 0 aliphatic carbocycles. The van der Waals surface area contributed by atoms with E-state index in [1.807, 2.05) is 0 Å². The molecule has 0 amide bonds. The molecule has 0 radical (unpaired) electrons. The number of nitrogens with zero attached hydrogens (tertiary/aromatic N) is 2. The van der Waals surface area contributed by atoms with Crippen LogP contribution in [0.15, 0.2) is 49.1 Å². The van der Waals surface area contributed by atoms with Gasteiger partial charge in [0.05, 0.1) is 13.2 Å². The van der Waals surface area contributed by atoms with Crippen molar-refractivity contribution >= 4 is 0 Å². The Hall–Kier alpha value is -2.10. The lowest BCUT2D eigenvalue weighted by molar-refractivity contribution is -0.708. The molecule has 0 saturated carbocycles. The molecular weight excluding hydrogens is 516 g/mol. The van der Waals surface area contributed by atoms with Crippen molar-refractivity contribution in [3.8, 4) is 11.5 Å². The third-order valence-corrected chi connectivity index (χ3v) is 8.28. The minimum atomic E-state index is 0.828. The first-order valence-corrected chi connectivity index (χ1v) is 18.1. The van der Waals surface area contributed by atoms with Crippen LogP contribution in [0.25, 0.3) is 0 Å². The third kappa shape index (κ3) is 19.9. The van der Waals surface area contributed by atoms with Crippen molar-refractivity contribution in [2.45, 2.75) is 168 Å². The van der Waals surface area contributed by atoms with Gasteiger partial charge in [-0.1, -0.05) is 129 Å². The zero-order valence-corrected chi connectivity index (χ0v) is 27.7. The van der Waals surface area contributed by atoms with Crippen LogP contribution in [0.3, 0.4) is 0 Å². The molecule has 4 nitrogen and oxygen atoms in total. The normalized spacial score (nSPS) is 11.2. The van der Waals surface area contributed by atoms with E-state index < -0.39 is 0 Å². The molecule has 2 aromatic heterocycles. The number of pyridine rings is 2. The third-order valence-electron chi connectivity index (χ3n) is 8.28. The topological polar surface area (TPSA) is 26.2 Å². The van der Waals surface area contributed by atoms with E-state index >= 15 is 0 Å². The average Bonchev–Trinajstić information content (AvgIpc) is 3.01. The lowest BCUT2D eigenvalue weighted by Gasteiger charge is -2.06. The summed E-state index contributed by atoms with van der Waals surface area (Å²) in [6, 6.07) is 8.39. The summed E-state index contributed by atoms with van der Waals surface area (Å²) in [6.45, 7) is 8.26. The molecule has 0 bridgehead atoms. The first-order chi connectivity index (χ1) is 20.8. The number of unbranched alkanes of at least 4 members (excludes halogenated alkanes) is 19. The summed E-state index contributed by atoms with van der Waals surface area (Å²) in [5, 5.41) is 0. The number of aromatic nitrogens is 2. The second kappa shape index (κ2) is 26.5. The molecule has 0 aromatic carbocycles. The van der Waals surface area contributed by atoms with E-state index in [4.69, 9.17) is 9.47 Å². The van der Waals surface area contributed by atoms with E-state index in [1.54, 1.807) is 0 Å². The van der Waals surface area contributed by atoms with Crippen LogP contribution in [-0.4, -0.2) is 13.2 Å². The second-order valence-corrected chi connectivity index (χ2v) is 12.3. The second-order valence-electron chi connectivity index (χ2n) is 12.3. The Labute approximate surface area is 260 Å². The van der Waals surface area contributed by atoms with Crippen LogP contribution >= 0.6 is 0 Å².